The molecule has 1 aromatic heterocycles. The topological polar surface area (TPSA) is 110 Å². The summed E-state index contributed by atoms with van der Waals surface area (Å²) >= 11 is 7.09. The largest absolute Gasteiger partial charge is 0.478 e. The van der Waals surface area contributed by atoms with Crippen LogP contribution < -0.4 is 20.1 Å². The third-order valence-electron chi connectivity index (χ3n) is 3.82. The molecule has 10 heteroatoms. The maximum absolute atomic E-state index is 12.4. The number of nitrogens with one attached hydrogen (secondary N) is 2. The molecule has 0 unspecified atom stereocenters. The van der Waals surface area contributed by atoms with Gasteiger partial charge in [-0.3, -0.25) is 4.79 Å². The Balaban J connectivity index is 1.46. The number of fused-ring (bicyclic) bond motifs is 1. The second-order valence-corrected chi connectivity index (χ2v) is 6.95. The molecular weight excluding hydrogens is 406 g/mol. The molecule has 28 heavy (non-hydrogen) atoms. The molecule has 142 valence electrons. The number of aromatic carboxylic acids is 1. The molecule has 0 saturated carbocycles. The lowest BCUT2D eigenvalue weighted by molar-refractivity contribution is 0.0696. The number of aromatic nitrogens is 1. The minimum absolute atomic E-state index is 0.0920. The summed E-state index contributed by atoms with van der Waals surface area (Å²) in [6.07, 6.45) is 0. The number of carbonyl (C=O) groups excluding carboxylic acids is 1. The number of carbonyl (C=O) groups is 2. The second-order valence-electron chi connectivity index (χ2n) is 5.68. The fraction of sp³-hybridized carbons (Fsp3) is 0.0556. The fourth-order valence-electron chi connectivity index (χ4n) is 2.50. The van der Waals surface area contributed by atoms with Crippen LogP contribution in [-0.4, -0.2) is 28.8 Å². The summed E-state index contributed by atoms with van der Waals surface area (Å²) in [4.78, 5) is 27.8. The zero-order chi connectivity index (χ0) is 19.7. The summed E-state index contributed by atoms with van der Waals surface area (Å²) in [6, 6.07) is 9.60. The van der Waals surface area contributed by atoms with Crippen LogP contribution in [0.3, 0.4) is 0 Å². The highest BCUT2D eigenvalue weighted by atomic mass is 35.5. The normalized spacial score (nSPS) is 11.9. The Labute approximate surface area is 167 Å². The van der Waals surface area contributed by atoms with Crippen molar-refractivity contribution >= 4 is 51.3 Å². The molecule has 0 bridgehead atoms. The number of carboxylic acid groups (broad SMARTS) is 1. The molecular formula is C18H12ClN3O5S. The van der Waals surface area contributed by atoms with Gasteiger partial charge < -0.3 is 25.2 Å². The van der Waals surface area contributed by atoms with E-state index < -0.39 is 11.9 Å². The van der Waals surface area contributed by atoms with Crippen molar-refractivity contribution in [2.24, 2.45) is 0 Å². The zero-order valence-corrected chi connectivity index (χ0v) is 15.6. The van der Waals surface area contributed by atoms with Crippen LogP contribution in [-0.2, 0) is 0 Å². The highest BCUT2D eigenvalue weighted by Crippen LogP contribution is 2.35. The molecule has 0 saturated heterocycles. The maximum atomic E-state index is 12.4. The van der Waals surface area contributed by atoms with Crippen LogP contribution in [0.15, 0.2) is 41.8 Å². The summed E-state index contributed by atoms with van der Waals surface area (Å²) in [6.45, 7) is 0.189. The van der Waals surface area contributed by atoms with Crippen molar-refractivity contribution in [1.29, 1.82) is 0 Å². The lowest BCUT2D eigenvalue weighted by atomic mass is 10.2. The lowest BCUT2D eigenvalue weighted by Crippen LogP contribution is -2.13. The first kappa shape index (κ1) is 18.1. The van der Waals surface area contributed by atoms with E-state index in [0.717, 1.165) is 5.69 Å². The number of carboxylic acids is 1. The third kappa shape index (κ3) is 3.71. The number of anilines is 3. The number of nitrogens with zero attached hydrogens (tertiary/aromatic N) is 1. The van der Waals surface area contributed by atoms with Gasteiger partial charge in [0.2, 0.25) is 6.79 Å². The SMILES string of the molecule is O=C(Nc1ccc(Cl)c(C(=O)O)c1)c1csc(Nc2ccc3c(c2)OCO3)n1. The van der Waals surface area contributed by atoms with Crippen LogP contribution in [0, 0.1) is 0 Å². The van der Waals surface area contributed by atoms with E-state index in [1.807, 2.05) is 6.07 Å². The Morgan fingerprint density at radius 3 is 2.71 bits per heavy atom. The molecule has 0 aliphatic carbocycles. The molecule has 1 aliphatic rings. The average molecular weight is 418 g/mol. The first-order valence-electron chi connectivity index (χ1n) is 7.96. The molecule has 4 rings (SSSR count). The van der Waals surface area contributed by atoms with Gasteiger partial charge in [0.15, 0.2) is 16.6 Å². The monoisotopic (exact) mass is 417 g/mol. The Morgan fingerprint density at radius 2 is 1.89 bits per heavy atom. The average Bonchev–Trinajstić information content (AvgIpc) is 3.32. The number of halogens is 1. The summed E-state index contributed by atoms with van der Waals surface area (Å²) < 4.78 is 10.6. The van der Waals surface area contributed by atoms with Crippen molar-refractivity contribution in [2.75, 3.05) is 17.4 Å². The summed E-state index contributed by atoms with van der Waals surface area (Å²) in [5.41, 5.74) is 1.16. The molecule has 2 aromatic carbocycles. The number of rotatable bonds is 5. The van der Waals surface area contributed by atoms with Crippen LogP contribution >= 0.6 is 22.9 Å². The lowest BCUT2D eigenvalue weighted by Gasteiger charge is -2.06. The van der Waals surface area contributed by atoms with E-state index in [-0.39, 0.29) is 23.1 Å². The maximum Gasteiger partial charge on any atom is 0.337 e. The van der Waals surface area contributed by atoms with Crippen molar-refractivity contribution < 1.29 is 24.2 Å². The molecule has 3 aromatic rings. The van der Waals surface area contributed by atoms with E-state index in [1.54, 1.807) is 17.5 Å². The van der Waals surface area contributed by atoms with E-state index in [1.165, 1.54) is 29.5 Å². The Morgan fingerprint density at radius 1 is 1.11 bits per heavy atom. The molecule has 0 atom stereocenters. The molecule has 1 amide bonds. The van der Waals surface area contributed by atoms with Gasteiger partial charge in [-0.15, -0.1) is 11.3 Å². The molecule has 0 radical (unpaired) electrons. The quantitative estimate of drug-likeness (QED) is 0.570. The van der Waals surface area contributed by atoms with Gasteiger partial charge in [0.05, 0.1) is 10.6 Å². The summed E-state index contributed by atoms with van der Waals surface area (Å²) in [5.74, 6) is -0.330. The number of hydrogen-bond donors (Lipinski definition) is 3. The molecule has 2 heterocycles. The van der Waals surface area contributed by atoms with E-state index in [0.29, 0.717) is 22.3 Å². The molecule has 8 nitrogen and oxygen atoms in total. The number of amides is 1. The highest BCUT2D eigenvalue weighted by Gasteiger charge is 2.16. The van der Waals surface area contributed by atoms with Gasteiger partial charge in [-0.1, -0.05) is 11.6 Å². The van der Waals surface area contributed by atoms with Gasteiger partial charge in [-0.25, -0.2) is 9.78 Å². The van der Waals surface area contributed by atoms with Crippen LogP contribution in [0.25, 0.3) is 0 Å². The van der Waals surface area contributed by atoms with Gasteiger partial charge in [-0.2, -0.15) is 0 Å². The molecule has 3 N–H and O–H groups in total. The summed E-state index contributed by atoms with van der Waals surface area (Å²) in [7, 11) is 0. The van der Waals surface area contributed by atoms with Crippen molar-refractivity contribution in [3.05, 3.63) is 58.1 Å². The standard InChI is InChI=1S/C18H12ClN3O5S/c19-12-3-1-9(5-11(12)17(24)25)20-16(23)13-7-28-18(22-13)21-10-2-4-14-15(6-10)27-8-26-14/h1-7H,8H2,(H,20,23)(H,21,22)(H,24,25). The van der Waals surface area contributed by atoms with Gasteiger partial charge in [0.1, 0.15) is 5.69 Å². The van der Waals surface area contributed by atoms with Crippen LogP contribution in [0.4, 0.5) is 16.5 Å². The first-order valence-corrected chi connectivity index (χ1v) is 9.22. The number of thiazole rings is 1. The van der Waals surface area contributed by atoms with Gasteiger partial charge in [0, 0.05) is 22.8 Å². The predicted octanol–water partition coefficient (Wildman–Crippen LogP) is 4.22. The predicted molar refractivity (Wildman–Crippen MR) is 104 cm³/mol. The van der Waals surface area contributed by atoms with Crippen molar-refractivity contribution in [1.82, 2.24) is 4.98 Å². The smallest absolute Gasteiger partial charge is 0.337 e. The van der Waals surface area contributed by atoms with Gasteiger partial charge in [0.25, 0.3) is 5.91 Å². The summed E-state index contributed by atoms with van der Waals surface area (Å²) in [5, 5.41) is 17.0. The number of hydrogen-bond acceptors (Lipinski definition) is 7. The van der Waals surface area contributed by atoms with Crippen LogP contribution in [0.2, 0.25) is 5.02 Å². The van der Waals surface area contributed by atoms with Gasteiger partial charge >= 0.3 is 5.97 Å². The van der Waals surface area contributed by atoms with Crippen molar-refractivity contribution in [3.8, 4) is 11.5 Å². The minimum Gasteiger partial charge on any atom is -0.478 e. The Bertz CT molecular complexity index is 1080. The van der Waals surface area contributed by atoms with Crippen molar-refractivity contribution in [3.63, 3.8) is 0 Å². The highest BCUT2D eigenvalue weighted by molar-refractivity contribution is 7.14. The second kappa shape index (κ2) is 7.37. The Kier molecular flexibility index (Phi) is 4.76. The minimum atomic E-state index is -1.18. The van der Waals surface area contributed by atoms with Crippen LogP contribution in [0.5, 0.6) is 11.5 Å². The van der Waals surface area contributed by atoms with E-state index >= 15 is 0 Å². The number of benzene rings is 2. The van der Waals surface area contributed by atoms with E-state index in [2.05, 4.69) is 15.6 Å². The van der Waals surface area contributed by atoms with E-state index in [4.69, 9.17) is 26.2 Å². The Hall–Kier alpha value is -3.30. The van der Waals surface area contributed by atoms with Gasteiger partial charge in [-0.05, 0) is 30.3 Å². The fourth-order valence-corrected chi connectivity index (χ4v) is 3.40. The number of ether oxygens (including phenoxy) is 2. The zero-order valence-electron chi connectivity index (χ0n) is 14.1. The molecule has 0 fully saturated rings. The third-order valence-corrected chi connectivity index (χ3v) is 4.90. The molecule has 0 spiro atoms. The van der Waals surface area contributed by atoms with E-state index in [9.17, 15) is 9.59 Å². The molecule has 1 aliphatic heterocycles. The van der Waals surface area contributed by atoms with Crippen LogP contribution in [0.1, 0.15) is 20.8 Å². The van der Waals surface area contributed by atoms with Crippen molar-refractivity contribution in [2.45, 2.75) is 0 Å². The first-order chi connectivity index (χ1) is 13.5.